The summed E-state index contributed by atoms with van der Waals surface area (Å²) in [6.07, 6.45) is 2.75. The SMILES string of the molecule is C[N+](C)(C)CCO.C[N+](C)(C)CCO.O=C([O-])c1cccnc1.[I-]. The van der Waals surface area contributed by atoms with Gasteiger partial charge >= 0.3 is 0 Å². The number of carboxylic acid groups (broad SMARTS) is 1. The molecule has 7 nitrogen and oxygen atoms in total. The van der Waals surface area contributed by atoms with Gasteiger partial charge in [-0.25, -0.2) is 0 Å². The topological polar surface area (TPSA) is 93.5 Å². The Kier molecular flexibility index (Phi) is 17.0. The third kappa shape index (κ3) is 23.5. The molecule has 0 aliphatic heterocycles. The lowest BCUT2D eigenvalue weighted by atomic mass is 10.3. The predicted molar refractivity (Wildman–Crippen MR) is 88.5 cm³/mol. The Balaban J connectivity index is -0.000000274. The van der Waals surface area contributed by atoms with Crippen molar-refractivity contribution in [1.82, 2.24) is 4.98 Å². The molecule has 0 spiro atoms. The molecule has 142 valence electrons. The first kappa shape index (κ1) is 28.0. The Labute approximate surface area is 162 Å². The Morgan fingerprint density at radius 2 is 1.46 bits per heavy atom. The number of quaternary nitrogens is 2. The summed E-state index contributed by atoms with van der Waals surface area (Å²) in [5.74, 6) is -1.19. The van der Waals surface area contributed by atoms with E-state index in [-0.39, 0.29) is 42.8 Å². The quantitative estimate of drug-likeness (QED) is 0.346. The van der Waals surface area contributed by atoms with Crippen LogP contribution in [0.4, 0.5) is 0 Å². The molecule has 0 fully saturated rings. The molecule has 0 aromatic carbocycles. The number of rotatable bonds is 5. The van der Waals surface area contributed by atoms with Gasteiger partial charge in [0.25, 0.3) is 0 Å². The average Bonchev–Trinajstić information content (AvgIpc) is 2.38. The highest BCUT2D eigenvalue weighted by atomic mass is 127. The van der Waals surface area contributed by atoms with Gasteiger partial charge in [0, 0.05) is 18.0 Å². The molecule has 0 aliphatic rings. The van der Waals surface area contributed by atoms with E-state index in [1.54, 1.807) is 6.07 Å². The number of aliphatic hydroxyl groups is 2. The van der Waals surface area contributed by atoms with E-state index in [0.29, 0.717) is 0 Å². The fraction of sp³-hybridized carbons (Fsp3) is 0.625. The summed E-state index contributed by atoms with van der Waals surface area (Å²) in [5.41, 5.74) is 0.109. The lowest BCUT2D eigenvalue weighted by Crippen LogP contribution is -3.00. The van der Waals surface area contributed by atoms with E-state index in [1.165, 1.54) is 18.5 Å². The monoisotopic (exact) mass is 457 g/mol. The summed E-state index contributed by atoms with van der Waals surface area (Å²) in [6.45, 7) is 2.23. The Hall–Kier alpha value is -0.810. The molecule has 0 radical (unpaired) electrons. The van der Waals surface area contributed by atoms with Crippen LogP contribution >= 0.6 is 0 Å². The van der Waals surface area contributed by atoms with Crippen LogP contribution in [0.5, 0.6) is 0 Å². The van der Waals surface area contributed by atoms with Crippen LogP contribution in [0.2, 0.25) is 0 Å². The van der Waals surface area contributed by atoms with Crippen molar-refractivity contribution < 1.29 is 53.1 Å². The molecular weight excluding hydrogens is 425 g/mol. The van der Waals surface area contributed by atoms with Gasteiger partial charge in [0.2, 0.25) is 0 Å². The second-order valence-corrected chi connectivity index (χ2v) is 7.00. The van der Waals surface area contributed by atoms with Gasteiger partial charge in [-0.3, -0.25) is 4.98 Å². The zero-order valence-corrected chi connectivity index (χ0v) is 17.7. The molecule has 0 amide bonds. The van der Waals surface area contributed by atoms with Crippen molar-refractivity contribution in [1.29, 1.82) is 0 Å². The minimum absolute atomic E-state index is 0. The number of halogens is 1. The van der Waals surface area contributed by atoms with E-state index in [2.05, 4.69) is 47.3 Å². The number of carbonyl (C=O) groups is 1. The molecule has 0 bridgehead atoms. The minimum atomic E-state index is -1.19. The van der Waals surface area contributed by atoms with Gasteiger partial charge in [0.05, 0.1) is 61.5 Å². The maximum atomic E-state index is 10.0. The first-order valence-electron chi connectivity index (χ1n) is 7.37. The first-order valence-corrected chi connectivity index (χ1v) is 7.37. The summed E-state index contributed by atoms with van der Waals surface area (Å²) in [5, 5.41) is 26.8. The van der Waals surface area contributed by atoms with Crippen molar-refractivity contribution in [3.05, 3.63) is 30.1 Å². The number of likely N-dealkylation sites (N-methyl/N-ethyl adjacent to an activating group) is 2. The lowest BCUT2D eigenvalue weighted by molar-refractivity contribution is -0.870. The standard InChI is InChI=1S/C6H5NO2.2C5H14NO.HI/c8-6(9)5-2-1-3-7-4-5;2*1-6(2,3)4-5-7;/h1-4H,(H,8,9);2*7H,4-5H2,1-3H3;1H/q;2*+1;/p-2. The highest BCUT2D eigenvalue weighted by Crippen LogP contribution is 1.91. The van der Waals surface area contributed by atoms with Gasteiger partial charge in [-0.2, -0.15) is 0 Å². The highest BCUT2D eigenvalue weighted by molar-refractivity contribution is 5.85. The van der Waals surface area contributed by atoms with Gasteiger partial charge in [0.15, 0.2) is 0 Å². The van der Waals surface area contributed by atoms with E-state index in [1.807, 2.05) is 0 Å². The number of aliphatic hydroxyl groups excluding tert-OH is 2. The van der Waals surface area contributed by atoms with Crippen molar-refractivity contribution >= 4 is 5.97 Å². The van der Waals surface area contributed by atoms with Gasteiger partial charge in [-0.05, 0) is 6.07 Å². The van der Waals surface area contributed by atoms with Crippen molar-refractivity contribution in [3.63, 3.8) is 0 Å². The molecule has 1 aromatic rings. The second-order valence-electron chi connectivity index (χ2n) is 7.00. The van der Waals surface area contributed by atoms with Crippen LogP contribution in [0.1, 0.15) is 10.4 Å². The molecule has 0 aliphatic carbocycles. The van der Waals surface area contributed by atoms with E-state index < -0.39 is 5.97 Å². The van der Waals surface area contributed by atoms with Crippen LogP contribution in [0.15, 0.2) is 24.5 Å². The van der Waals surface area contributed by atoms with Crippen molar-refractivity contribution in [2.45, 2.75) is 0 Å². The predicted octanol–water partition coefficient (Wildman–Crippen LogP) is -4.18. The summed E-state index contributed by atoms with van der Waals surface area (Å²) in [4.78, 5) is 13.6. The highest BCUT2D eigenvalue weighted by Gasteiger charge is 2.02. The average molecular weight is 457 g/mol. The van der Waals surface area contributed by atoms with Crippen LogP contribution < -0.4 is 29.1 Å². The van der Waals surface area contributed by atoms with Gasteiger partial charge < -0.3 is 53.1 Å². The molecule has 1 rings (SSSR count). The number of aromatic carboxylic acids is 1. The number of nitrogens with zero attached hydrogens (tertiary/aromatic N) is 3. The molecule has 2 N–H and O–H groups in total. The lowest BCUT2D eigenvalue weighted by Gasteiger charge is -2.21. The molecule has 1 heterocycles. The van der Waals surface area contributed by atoms with Crippen LogP contribution in [0.25, 0.3) is 0 Å². The normalized spacial score (nSPS) is 10.3. The maximum absolute atomic E-state index is 10.0. The number of pyridine rings is 1. The summed E-state index contributed by atoms with van der Waals surface area (Å²) in [6, 6.07) is 2.98. The number of aromatic nitrogens is 1. The molecule has 0 saturated heterocycles. The van der Waals surface area contributed by atoms with Crippen LogP contribution in [-0.2, 0) is 0 Å². The second kappa shape index (κ2) is 14.5. The molecule has 0 saturated carbocycles. The first-order chi connectivity index (χ1) is 10.4. The molecule has 24 heavy (non-hydrogen) atoms. The van der Waals surface area contributed by atoms with Crippen molar-refractivity contribution in [2.24, 2.45) is 0 Å². The van der Waals surface area contributed by atoms with Crippen molar-refractivity contribution in [2.75, 3.05) is 68.6 Å². The third-order valence-electron chi connectivity index (χ3n) is 2.44. The number of carbonyl (C=O) groups excluding carboxylic acids is 1. The van der Waals surface area contributed by atoms with Crippen LogP contribution in [-0.4, -0.2) is 98.7 Å². The van der Waals surface area contributed by atoms with Gasteiger partial charge in [-0.1, -0.05) is 6.07 Å². The smallest absolute Gasteiger partial charge is 0.101 e. The largest absolute Gasteiger partial charge is 1.00 e. The zero-order chi connectivity index (χ0) is 18.5. The Morgan fingerprint density at radius 1 is 1.04 bits per heavy atom. The molecule has 0 atom stereocenters. The molecule has 0 unspecified atom stereocenters. The number of hydrogen-bond donors (Lipinski definition) is 2. The Bertz CT molecular complexity index is 402. The molecule has 1 aromatic heterocycles. The fourth-order valence-electron chi connectivity index (χ4n) is 1.08. The summed E-state index contributed by atoms with van der Waals surface area (Å²) in [7, 11) is 12.3. The minimum Gasteiger partial charge on any atom is -1.00 e. The van der Waals surface area contributed by atoms with Crippen molar-refractivity contribution in [3.8, 4) is 0 Å². The number of hydrogen-bond acceptors (Lipinski definition) is 5. The van der Waals surface area contributed by atoms with Gasteiger partial charge in [0.1, 0.15) is 13.1 Å². The van der Waals surface area contributed by atoms with E-state index in [9.17, 15) is 9.90 Å². The molecule has 8 heteroatoms. The Morgan fingerprint density at radius 3 is 1.58 bits per heavy atom. The van der Waals surface area contributed by atoms with E-state index in [4.69, 9.17) is 10.2 Å². The maximum Gasteiger partial charge on any atom is 0.101 e. The fourth-order valence-corrected chi connectivity index (χ4v) is 1.08. The van der Waals surface area contributed by atoms with E-state index >= 15 is 0 Å². The summed E-state index contributed by atoms with van der Waals surface area (Å²) >= 11 is 0. The van der Waals surface area contributed by atoms with Crippen LogP contribution in [0, 0.1) is 0 Å². The third-order valence-corrected chi connectivity index (χ3v) is 2.44. The number of carboxylic acids is 1. The summed E-state index contributed by atoms with van der Waals surface area (Å²) < 4.78 is 1.69. The van der Waals surface area contributed by atoms with Gasteiger partial charge in [-0.15, -0.1) is 0 Å². The zero-order valence-electron chi connectivity index (χ0n) is 15.6. The van der Waals surface area contributed by atoms with Crippen LogP contribution in [0.3, 0.4) is 0 Å². The molecular formula is C16H32IN3O4. The van der Waals surface area contributed by atoms with E-state index in [0.717, 1.165) is 22.1 Å².